The molecular weight excluding hydrogens is 422 g/mol. The lowest BCUT2D eigenvalue weighted by Gasteiger charge is -2.42. The molecule has 0 bridgehead atoms. The molecule has 0 unspecified atom stereocenters. The molecule has 0 aliphatic carbocycles. The van der Waals surface area contributed by atoms with Gasteiger partial charge >= 0.3 is 0 Å². The molecule has 9 N–H and O–H groups in total. The molecule has 2 fully saturated rings. The molecule has 2 aliphatic heterocycles. The number of thioether (sulfide) groups is 1. The number of unbranched alkanes of at least 4 members (excludes halogenated alkanes) is 3. The topological polar surface area (TPSA) is 195 Å². The van der Waals surface area contributed by atoms with Crippen LogP contribution < -0.4 is 5.73 Å². The molecule has 2 rings (SSSR count). The molecule has 0 aromatic rings. The molecule has 0 aromatic heterocycles. The molecule has 10 atom stereocenters. The van der Waals surface area contributed by atoms with E-state index >= 15 is 0 Å². The molecular formula is C18H35NO10S. The van der Waals surface area contributed by atoms with Gasteiger partial charge in [-0.05, 0) is 25.1 Å². The Bertz CT molecular complexity index is 490. The van der Waals surface area contributed by atoms with Crippen LogP contribution in [0, 0.1) is 0 Å². The Morgan fingerprint density at radius 3 is 2.03 bits per heavy atom. The molecule has 12 heteroatoms. The predicted octanol–water partition coefficient (Wildman–Crippen LogP) is -3.14. The highest BCUT2D eigenvalue weighted by atomic mass is 32.2. The van der Waals surface area contributed by atoms with Gasteiger partial charge in [0.2, 0.25) is 0 Å². The highest BCUT2D eigenvalue weighted by Crippen LogP contribution is 2.30. The van der Waals surface area contributed by atoms with Gasteiger partial charge < -0.3 is 55.7 Å². The van der Waals surface area contributed by atoms with Crippen LogP contribution in [-0.2, 0) is 14.2 Å². The minimum absolute atomic E-state index is 0.318. The standard InChI is InChI=1S/C18H35NO10S/c19-5-3-1-2-4-6-30-18-16(26)14(24)12(22)10(29-18)8-27-17-15(25)13(23)11(21)9(7-20)28-17/h9-18,20-26H,1-8,19H2/t9-,10-,11-,12-,13+,14+,15+,16+,17+,18-/m1/s1. The zero-order chi connectivity index (χ0) is 22.3. The van der Waals surface area contributed by atoms with Crippen molar-refractivity contribution in [2.24, 2.45) is 5.73 Å². The third-order valence-electron chi connectivity index (χ3n) is 5.32. The third-order valence-corrected chi connectivity index (χ3v) is 6.57. The fraction of sp³-hybridized carbons (Fsp3) is 1.00. The molecule has 30 heavy (non-hydrogen) atoms. The normalized spacial score (nSPS) is 42.4. The van der Waals surface area contributed by atoms with Crippen molar-refractivity contribution in [3.05, 3.63) is 0 Å². The van der Waals surface area contributed by atoms with Crippen molar-refractivity contribution in [1.82, 2.24) is 0 Å². The molecule has 2 saturated heterocycles. The molecule has 178 valence electrons. The SMILES string of the molecule is NCCCCCCS[C@H]1O[C@H](CO[C@H]2O[C@H](CO)[C@@H](O)[C@H](O)[C@@H]2O)[C@@H](O)[C@H](O)[C@@H]1O. The average molecular weight is 458 g/mol. The first-order chi connectivity index (χ1) is 14.3. The van der Waals surface area contributed by atoms with Gasteiger partial charge in [0, 0.05) is 0 Å². The van der Waals surface area contributed by atoms with E-state index in [2.05, 4.69) is 0 Å². The predicted molar refractivity (Wildman–Crippen MR) is 106 cm³/mol. The largest absolute Gasteiger partial charge is 0.394 e. The first-order valence-electron chi connectivity index (χ1n) is 10.2. The van der Waals surface area contributed by atoms with E-state index in [9.17, 15) is 35.7 Å². The van der Waals surface area contributed by atoms with Crippen LogP contribution in [-0.4, -0.2) is 122 Å². The Labute approximate surface area is 179 Å². The maximum Gasteiger partial charge on any atom is 0.186 e. The Kier molecular flexibility index (Phi) is 11.2. The molecule has 0 saturated carbocycles. The van der Waals surface area contributed by atoms with Crippen molar-refractivity contribution in [3.8, 4) is 0 Å². The lowest BCUT2D eigenvalue weighted by molar-refractivity contribution is -0.311. The van der Waals surface area contributed by atoms with Gasteiger partial charge in [-0.25, -0.2) is 0 Å². The Morgan fingerprint density at radius 2 is 1.37 bits per heavy atom. The number of aliphatic hydroxyl groups is 7. The van der Waals surface area contributed by atoms with Crippen LogP contribution in [0.25, 0.3) is 0 Å². The summed E-state index contributed by atoms with van der Waals surface area (Å²) in [6.07, 6.45) is -8.53. The van der Waals surface area contributed by atoms with Gasteiger partial charge in [-0.2, -0.15) is 0 Å². The molecule has 0 spiro atoms. The van der Waals surface area contributed by atoms with Crippen LogP contribution in [0.5, 0.6) is 0 Å². The smallest absolute Gasteiger partial charge is 0.186 e. The van der Waals surface area contributed by atoms with Crippen molar-refractivity contribution in [2.75, 3.05) is 25.5 Å². The van der Waals surface area contributed by atoms with E-state index in [-0.39, 0.29) is 6.61 Å². The summed E-state index contributed by atoms with van der Waals surface area (Å²) in [7, 11) is 0. The zero-order valence-corrected chi connectivity index (χ0v) is 17.6. The summed E-state index contributed by atoms with van der Waals surface area (Å²) in [4.78, 5) is 0. The Balaban J connectivity index is 1.86. The second-order valence-electron chi connectivity index (χ2n) is 7.62. The summed E-state index contributed by atoms with van der Waals surface area (Å²) in [5.74, 6) is 0.690. The third kappa shape index (κ3) is 6.70. The quantitative estimate of drug-likeness (QED) is 0.145. The van der Waals surface area contributed by atoms with Gasteiger partial charge in [-0.15, -0.1) is 11.8 Å². The zero-order valence-electron chi connectivity index (χ0n) is 16.8. The summed E-state index contributed by atoms with van der Waals surface area (Å²) in [5, 5.41) is 69.4. The van der Waals surface area contributed by atoms with Crippen molar-refractivity contribution in [3.63, 3.8) is 0 Å². The highest BCUT2D eigenvalue weighted by Gasteiger charge is 2.47. The first kappa shape index (κ1) is 26.2. The van der Waals surface area contributed by atoms with Gasteiger partial charge in [0.25, 0.3) is 0 Å². The Hall–Kier alpha value is -0.0900. The van der Waals surface area contributed by atoms with Crippen molar-refractivity contribution >= 4 is 11.8 Å². The van der Waals surface area contributed by atoms with Crippen LogP contribution in [0.2, 0.25) is 0 Å². The molecule has 0 amide bonds. The van der Waals surface area contributed by atoms with Gasteiger partial charge in [0.1, 0.15) is 54.3 Å². The van der Waals surface area contributed by atoms with Crippen molar-refractivity contribution < 1.29 is 50.0 Å². The summed E-state index contributed by atoms with van der Waals surface area (Å²) in [6.45, 7) is -0.263. The van der Waals surface area contributed by atoms with E-state index in [0.717, 1.165) is 25.7 Å². The molecule has 11 nitrogen and oxygen atoms in total. The van der Waals surface area contributed by atoms with Gasteiger partial charge in [0.05, 0.1) is 13.2 Å². The number of hydrogen-bond acceptors (Lipinski definition) is 12. The van der Waals surface area contributed by atoms with Crippen molar-refractivity contribution in [1.29, 1.82) is 0 Å². The highest BCUT2D eigenvalue weighted by molar-refractivity contribution is 7.99. The lowest BCUT2D eigenvalue weighted by Crippen LogP contribution is -2.61. The van der Waals surface area contributed by atoms with Gasteiger partial charge in [-0.1, -0.05) is 12.8 Å². The second kappa shape index (κ2) is 12.8. The van der Waals surface area contributed by atoms with E-state index in [1.54, 1.807) is 0 Å². The fourth-order valence-electron chi connectivity index (χ4n) is 3.39. The lowest BCUT2D eigenvalue weighted by atomic mass is 9.99. The molecule has 2 aliphatic rings. The fourth-order valence-corrected chi connectivity index (χ4v) is 4.57. The average Bonchev–Trinajstić information content (AvgIpc) is 2.74. The van der Waals surface area contributed by atoms with E-state index in [1.165, 1.54) is 11.8 Å². The van der Waals surface area contributed by atoms with Crippen LogP contribution in [0.15, 0.2) is 0 Å². The molecule has 2 heterocycles. The van der Waals surface area contributed by atoms with Gasteiger partial charge in [0.15, 0.2) is 6.29 Å². The minimum atomic E-state index is -1.59. The van der Waals surface area contributed by atoms with Crippen LogP contribution in [0.4, 0.5) is 0 Å². The Morgan fingerprint density at radius 1 is 0.733 bits per heavy atom. The van der Waals surface area contributed by atoms with Crippen LogP contribution in [0.3, 0.4) is 0 Å². The summed E-state index contributed by atoms with van der Waals surface area (Å²) in [5.41, 5.74) is 4.68. The maximum atomic E-state index is 10.2. The number of nitrogens with two attached hydrogens (primary N) is 1. The van der Waals surface area contributed by atoms with Crippen LogP contribution in [0.1, 0.15) is 25.7 Å². The van der Waals surface area contributed by atoms with E-state index < -0.39 is 67.2 Å². The first-order valence-corrected chi connectivity index (χ1v) is 11.3. The molecule has 0 radical (unpaired) electrons. The van der Waals surface area contributed by atoms with Crippen molar-refractivity contribution in [2.45, 2.75) is 86.2 Å². The van der Waals surface area contributed by atoms with E-state index in [1.807, 2.05) is 0 Å². The van der Waals surface area contributed by atoms with Crippen LogP contribution >= 0.6 is 11.8 Å². The summed E-state index contributed by atoms with van der Waals surface area (Å²) < 4.78 is 16.3. The number of hydrogen-bond donors (Lipinski definition) is 8. The monoisotopic (exact) mass is 457 g/mol. The summed E-state index contributed by atoms with van der Waals surface area (Å²) >= 11 is 1.32. The number of rotatable bonds is 11. The number of aliphatic hydroxyl groups excluding tert-OH is 7. The number of ether oxygens (including phenoxy) is 3. The summed E-state index contributed by atoms with van der Waals surface area (Å²) in [6, 6.07) is 0. The maximum absolute atomic E-state index is 10.2. The second-order valence-corrected chi connectivity index (χ2v) is 8.83. The minimum Gasteiger partial charge on any atom is -0.394 e. The van der Waals surface area contributed by atoms with E-state index in [0.29, 0.717) is 12.3 Å². The van der Waals surface area contributed by atoms with E-state index in [4.69, 9.17) is 19.9 Å². The van der Waals surface area contributed by atoms with Gasteiger partial charge in [-0.3, -0.25) is 0 Å². The molecule has 0 aromatic carbocycles.